The fourth-order valence-corrected chi connectivity index (χ4v) is 3.64. The van der Waals surface area contributed by atoms with Gasteiger partial charge in [-0.15, -0.1) is 0 Å². The number of hydrogen-bond acceptors (Lipinski definition) is 1. The minimum absolute atomic E-state index is 0.498. The van der Waals surface area contributed by atoms with Gasteiger partial charge in [-0.3, -0.25) is 0 Å². The Bertz CT molecular complexity index is 394. The minimum atomic E-state index is 0.498. The molecule has 2 rings (SSSR count). The molecule has 1 aromatic rings. The van der Waals surface area contributed by atoms with Gasteiger partial charge in [-0.1, -0.05) is 50.1 Å². The molecule has 0 amide bonds. The highest BCUT2D eigenvalue weighted by Gasteiger charge is 2.38. The summed E-state index contributed by atoms with van der Waals surface area (Å²) < 4.78 is 0. The van der Waals surface area contributed by atoms with Crippen molar-refractivity contribution in [2.75, 3.05) is 7.05 Å². The molecule has 1 aliphatic rings. The maximum absolute atomic E-state index is 3.57. The van der Waals surface area contributed by atoms with E-state index in [4.69, 9.17) is 0 Å². The van der Waals surface area contributed by atoms with E-state index in [1.165, 1.54) is 30.4 Å². The first-order valence-electron chi connectivity index (χ1n) is 7.26. The molecule has 0 bridgehead atoms. The quantitative estimate of drug-likeness (QED) is 0.847. The fraction of sp³-hybridized carbons (Fsp3) is 0.647. The Morgan fingerprint density at radius 3 is 2.72 bits per heavy atom. The van der Waals surface area contributed by atoms with Crippen LogP contribution in [0.1, 0.15) is 44.2 Å². The first kappa shape index (κ1) is 13.6. The van der Waals surface area contributed by atoms with E-state index < -0.39 is 0 Å². The minimum Gasteiger partial charge on any atom is -0.316 e. The molecule has 2 atom stereocenters. The number of benzene rings is 1. The van der Waals surface area contributed by atoms with Crippen LogP contribution in [0, 0.1) is 18.3 Å². The van der Waals surface area contributed by atoms with Crippen LogP contribution in [0.5, 0.6) is 0 Å². The molecule has 18 heavy (non-hydrogen) atoms. The van der Waals surface area contributed by atoms with E-state index in [2.05, 4.69) is 57.4 Å². The molecule has 0 aromatic heterocycles. The van der Waals surface area contributed by atoms with Gasteiger partial charge >= 0.3 is 0 Å². The smallest absolute Gasteiger partial charge is 0.0138 e. The van der Waals surface area contributed by atoms with E-state index in [0.717, 1.165) is 12.3 Å². The van der Waals surface area contributed by atoms with Gasteiger partial charge < -0.3 is 5.32 Å². The lowest BCUT2D eigenvalue weighted by Crippen LogP contribution is -2.40. The van der Waals surface area contributed by atoms with Crippen LogP contribution in [-0.4, -0.2) is 13.1 Å². The van der Waals surface area contributed by atoms with Crippen molar-refractivity contribution in [3.05, 3.63) is 35.4 Å². The topological polar surface area (TPSA) is 12.0 Å². The highest BCUT2D eigenvalue weighted by Crippen LogP contribution is 2.44. The van der Waals surface area contributed by atoms with Crippen molar-refractivity contribution in [2.45, 2.75) is 52.5 Å². The van der Waals surface area contributed by atoms with E-state index in [1.54, 1.807) is 0 Å². The molecule has 1 nitrogen and oxygen atoms in total. The Labute approximate surface area is 112 Å². The molecule has 1 aromatic carbocycles. The Morgan fingerprint density at radius 2 is 2.17 bits per heavy atom. The average molecular weight is 245 g/mol. The molecule has 1 aliphatic carbocycles. The number of aryl methyl sites for hydroxylation is 1. The van der Waals surface area contributed by atoms with Crippen LogP contribution >= 0.6 is 0 Å². The van der Waals surface area contributed by atoms with Crippen LogP contribution in [0.25, 0.3) is 0 Å². The Balaban J connectivity index is 2.10. The predicted octanol–water partition coefficient (Wildman–Crippen LogP) is 3.95. The van der Waals surface area contributed by atoms with Crippen molar-refractivity contribution >= 4 is 0 Å². The zero-order chi connectivity index (χ0) is 13.2. The molecule has 2 unspecified atom stereocenters. The predicted molar refractivity (Wildman–Crippen MR) is 78.9 cm³/mol. The van der Waals surface area contributed by atoms with Gasteiger partial charge in [0.25, 0.3) is 0 Å². The second-order valence-corrected chi connectivity index (χ2v) is 6.58. The molecule has 1 N–H and O–H groups in total. The highest BCUT2D eigenvalue weighted by atomic mass is 14.9. The molecule has 0 aliphatic heterocycles. The van der Waals surface area contributed by atoms with Crippen molar-refractivity contribution in [3.8, 4) is 0 Å². The van der Waals surface area contributed by atoms with Gasteiger partial charge in [0, 0.05) is 6.04 Å². The first-order valence-corrected chi connectivity index (χ1v) is 7.26. The molecule has 1 fully saturated rings. The van der Waals surface area contributed by atoms with Crippen molar-refractivity contribution in [1.29, 1.82) is 0 Å². The van der Waals surface area contributed by atoms with Crippen LogP contribution in [0.15, 0.2) is 24.3 Å². The average Bonchev–Trinajstić information content (AvgIpc) is 2.66. The molecular weight excluding hydrogens is 218 g/mol. The molecular formula is C17H27N. The van der Waals surface area contributed by atoms with E-state index >= 15 is 0 Å². The second kappa shape index (κ2) is 5.44. The number of hydrogen-bond donors (Lipinski definition) is 1. The lowest BCUT2D eigenvalue weighted by molar-refractivity contribution is 0.201. The van der Waals surface area contributed by atoms with Crippen LogP contribution in [0.4, 0.5) is 0 Å². The zero-order valence-corrected chi connectivity index (χ0v) is 12.3. The van der Waals surface area contributed by atoms with Gasteiger partial charge in [0.05, 0.1) is 0 Å². The van der Waals surface area contributed by atoms with Gasteiger partial charge in [0.15, 0.2) is 0 Å². The van der Waals surface area contributed by atoms with E-state index in [9.17, 15) is 0 Å². The standard InChI is InChI=1S/C17H27N/c1-13-7-5-8-14(11-13)12-16(18-4)15-9-6-10-17(15,2)3/h5,7-8,11,15-16,18H,6,9-10,12H2,1-4H3. The van der Waals surface area contributed by atoms with Crippen LogP contribution < -0.4 is 5.32 Å². The lowest BCUT2D eigenvalue weighted by atomic mass is 9.76. The summed E-state index contributed by atoms with van der Waals surface area (Å²) in [4.78, 5) is 0. The summed E-state index contributed by atoms with van der Waals surface area (Å²) in [5, 5.41) is 3.57. The number of rotatable bonds is 4. The maximum atomic E-state index is 3.57. The van der Waals surface area contributed by atoms with E-state index in [0.29, 0.717) is 11.5 Å². The van der Waals surface area contributed by atoms with Crippen LogP contribution in [0.3, 0.4) is 0 Å². The molecule has 100 valence electrons. The van der Waals surface area contributed by atoms with Crippen LogP contribution in [0.2, 0.25) is 0 Å². The van der Waals surface area contributed by atoms with Gasteiger partial charge in [-0.25, -0.2) is 0 Å². The Hall–Kier alpha value is -0.820. The van der Waals surface area contributed by atoms with Gasteiger partial charge in [-0.05, 0) is 50.1 Å². The van der Waals surface area contributed by atoms with Crippen molar-refractivity contribution in [1.82, 2.24) is 5.32 Å². The summed E-state index contributed by atoms with van der Waals surface area (Å²) in [6.45, 7) is 7.05. The molecule has 0 saturated heterocycles. The highest BCUT2D eigenvalue weighted by molar-refractivity contribution is 5.23. The SMILES string of the molecule is CNC(Cc1cccc(C)c1)C1CCCC1(C)C. The lowest BCUT2D eigenvalue weighted by Gasteiger charge is -2.34. The zero-order valence-electron chi connectivity index (χ0n) is 12.3. The summed E-state index contributed by atoms with van der Waals surface area (Å²) in [7, 11) is 2.12. The Morgan fingerprint density at radius 1 is 1.39 bits per heavy atom. The second-order valence-electron chi connectivity index (χ2n) is 6.58. The number of nitrogens with one attached hydrogen (secondary N) is 1. The third kappa shape index (κ3) is 2.95. The third-order valence-corrected chi connectivity index (χ3v) is 4.73. The molecule has 1 heteroatoms. The fourth-order valence-electron chi connectivity index (χ4n) is 3.64. The summed E-state index contributed by atoms with van der Waals surface area (Å²) in [6, 6.07) is 9.56. The van der Waals surface area contributed by atoms with E-state index in [1.807, 2.05) is 0 Å². The normalized spacial score (nSPS) is 24.1. The van der Waals surface area contributed by atoms with Crippen molar-refractivity contribution in [2.24, 2.45) is 11.3 Å². The van der Waals surface area contributed by atoms with Gasteiger partial charge in [-0.2, -0.15) is 0 Å². The maximum Gasteiger partial charge on any atom is 0.0138 e. The monoisotopic (exact) mass is 245 g/mol. The molecule has 0 heterocycles. The van der Waals surface area contributed by atoms with E-state index in [-0.39, 0.29) is 0 Å². The molecule has 0 radical (unpaired) electrons. The summed E-state index contributed by atoms with van der Waals surface area (Å²) in [5.74, 6) is 0.808. The van der Waals surface area contributed by atoms with Gasteiger partial charge in [0.1, 0.15) is 0 Å². The third-order valence-electron chi connectivity index (χ3n) is 4.73. The number of likely N-dealkylation sites (N-methyl/N-ethyl adjacent to an activating group) is 1. The first-order chi connectivity index (χ1) is 8.53. The molecule has 0 spiro atoms. The Kier molecular flexibility index (Phi) is 4.11. The summed E-state index contributed by atoms with van der Waals surface area (Å²) in [5.41, 5.74) is 3.34. The van der Waals surface area contributed by atoms with Crippen molar-refractivity contribution in [3.63, 3.8) is 0 Å². The molecule has 1 saturated carbocycles. The van der Waals surface area contributed by atoms with Gasteiger partial charge in [0.2, 0.25) is 0 Å². The van der Waals surface area contributed by atoms with Crippen LogP contribution in [-0.2, 0) is 6.42 Å². The largest absolute Gasteiger partial charge is 0.316 e. The summed E-state index contributed by atoms with van der Waals surface area (Å²) in [6.07, 6.45) is 5.31. The van der Waals surface area contributed by atoms with Crippen molar-refractivity contribution < 1.29 is 0 Å². The summed E-state index contributed by atoms with van der Waals surface area (Å²) >= 11 is 0.